The molecule has 0 radical (unpaired) electrons. The van der Waals surface area contributed by atoms with Crippen molar-refractivity contribution in [3.8, 4) is 5.75 Å². The second kappa shape index (κ2) is 6.74. The lowest BCUT2D eigenvalue weighted by Crippen LogP contribution is -2.03. The van der Waals surface area contributed by atoms with Gasteiger partial charge in [-0.3, -0.25) is 10.1 Å². The molecule has 110 valence electrons. The third-order valence-electron chi connectivity index (χ3n) is 3.07. The Balaban J connectivity index is 2.07. The fourth-order valence-electron chi connectivity index (χ4n) is 1.98. The maximum Gasteiger partial charge on any atom is 0.269 e. The summed E-state index contributed by atoms with van der Waals surface area (Å²) >= 11 is 0. The largest absolute Gasteiger partial charge is 0.492 e. The van der Waals surface area contributed by atoms with Gasteiger partial charge in [0.2, 0.25) is 0 Å². The maximum atomic E-state index is 10.6. The van der Waals surface area contributed by atoms with Crippen LogP contribution >= 0.6 is 0 Å². The molecule has 0 aliphatic rings. The average Bonchev–Trinajstić information content (AvgIpc) is 2.47. The standard InChI is InChI=1S/C16H18N2O3/c1-3-21-16-10-12(2)4-9-15(16)17-11-13-5-7-14(8-6-13)18(19)20/h4-10,17H,3,11H2,1-2H3. The highest BCUT2D eigenvalue weighted by Crippen LogP contribution is 2.26. The second-order valence-corrected chi connectivity index (χ2v) is 4.71. The Bertz CT molecular complexity index is 624. The molecule has 0 heterocycles. The van der Waals surface area contributed by atoms with Gasteiger partial charge < -0.3 is 10.1 Å². The van der Waals surface area contributed by atoms with E-state index in [0.29, 0.717) is 13.2 Å². The predicted molar refractivity (Wildman–Crippen MR) is 82.8 cm³/mol. The van der Waals surface area contributed by atoms with Gasteiger partial charge in [0.05, 0.1) is 17.2 Å². The van der Waals surface area contributed by atoms with Crippen LogP contribution in [-0.4, -0.2) is 11.5 Å². The second-order valence-electron chi connectivity index (χ2n) is 4.71. The number of hydrogen-bond acceptors (Lipinski definition) is 4. The van der Waals surface area contributed by atoms with E-state index >= 15 is 0 Å². The van der Waals surface area contributed by atoms with Gasteiger partial charge in [-0.15, -0.1) is 0 Å². The predicted octanol–water partition coefficient (Wildman–Crippen LogP) is 3.91. The summed E-state index contributed by atoms with van der Waals surface area (Å²) in [6.45, 7) is 5.15. The Morgan fingerprint density at radius 1 is 1.19 bits per heavy atom. The molecule has 0 aliphatic carbocycles. The van der Waals surface area contributed by atoms with Crippen molar-refractivity contribution in [2.45, 2.75) is 20.4 Å². The molecule has 0 spiro atoms. The van der Waals surface area contributed by atoms with Crippen LogP contribution in [0.5, 0.6) is 5.75 Å². The molecule has 2 aromatic rings. The summed E-state index contributed by atoms with van der Waals surface area (Å²) in [5.74, 6) is 0.819. The van der Waals surface area contributed by atoms with E-state index in [-0.39, 0.29) is 5.69 Å². The normalized spacial score (nSPS) is 10.2. The number of aryl methyl sites for hydroxylation is 1. The van der Waals surface area contributed by atoms with Crippen LogP contribution in [0.2, 0.25) is 0 Å². The van der Waals surface area contributed by atoms with Gasteiger partial charge in [-0.25, -0.2) is 0 Å². The van der Waals surface area contributed by atoms with E-state index in [0.717, 1.165) is 22.6 Å². The lowest BCUT2D eigenvalue weighted by molar-refractivity contribution is -0.384. The fourth-order valence-corrected chi connectivity index (χ4v) is 1.98. The molecule has 0 fully saturated rings. The molecule has 0 saturated carbocycles. The third kappa shape index (κ3) is 3.95. The Morgan fingerprint density at radius 3 is 2.52 bits per heavy atom. The molecule has 5 nitrogen and oxygen atoms in total. The summed E-state index contributed by atoms with van der Waals surface area (Å²) in [5, 5.41) is 13.9. The minimum Gasteiger partial charge on any atom is -0.492 e. The van der Waals surface area contributed by atoms with Crippen LogP contribution in [0.1, 0.15) is 18.1 Å². The molecular weight excluding hydrogens is 268 g/mol. The zero-order valence-electron chi connectivity index (χ0n) is 12.1. The van der Waals surface area contributed by atoms with Gasteiger partial charge in [0.15, 0.2) is 0 Å². The fraction of sp³-hybridized carbons (Fsp3) is 0.250. The smallest absolute Gasteiger partial charge is 0.269 e. The van der Waals surface area contributed by atoms with Crippen LogP contribution < -0.4 is 10.1 Å². The molecule has 2 aromatic carbocycles. The topological polar surface area (TPSA) is 64.4 Å². The van der Waals surface area contributed by atoms with Crippen LogP contribution in [-0.2, 0) is 6.54 Å². The van der Waals surface area contributed by atoms with Crippen LogP contribution in [0.3, 0.4) is 0 Å². The lowest BCUT2D eigenvalue weighted by Gasteiger charge is -2.13. The van der Waals surface area contributed by atoms with Crippen molar-refractivity contribution in [2.75, 3.05) is 11.9 Å². The highest BCUT2D eigenvalue weighted by molar-refractivity contribution is 5.58. The maximum absolute atomic E-state index is 10.6. The van der Waals surface area contributed by atoms with Gasteiger partial charge in [0.25, 0.3) is 5.69 Å². The molecule has 0 amide bonds. The van der Waals surface area contributed by atoms with E-state index in [2.05, 4.69) is 5.32 Å². The van der Waals surface area contributed by atoms with Crippen molar-refractivity contribution in [3.63, 3.8) is 0 Å². The molecule has 5 heteroatoms. The number of nitrogens with one attached hydrogen (secondary N) is 1. The van der Waals surface area contributed by atoms with E-state index in [9.17, 15) is 10.1 Å². The number of benzene rings is 2. The Morgan fingerprint density at radius 2 is 1.90 bits per heavy atom. The summed E-state index contributed by atoms with van der Waals surface area (Å²) in [6, 6.07) is 12.5. The zero-order chi connectivity index (χ0) is 15.2. The first-order valence-electron chi connectivity index (χ1n) is 6.81. The Kier molecular flexibility index (Phi) is 4.77. The number of anilines is 1. The van der Waals surface area contributed by atoms with Crippen molar-refractivity contribution in [1.82, 2.24) is 0 Å². The quantitative estimate of drug-likeness (QED) is 0.646. The molecule has 0 unspecified atom stereocenters. The molecule has 0 bridgehead atoms. The van der Waals surface area contributed by atoms with Crippen LogP contribution in [0.25, 0.3) is 0 Å². The average molecular weight is 286 g/mol. The minimum absolute atomic E-state index is 0.101. The summed E-state index contributed by atoms with van der Waals surface area (Å²) in [6.07, 6.45) is 0. The van der Waals surface area contributed by atoms with Crippen LogP contribution in [0, 0.1) is 17.0 Å². The summed E-state index contributed by atoms with van der Waals surface area (Å²) in [7, 11) is 0. The molecule has 0 atom stereocenters. The van der Waals surface area contributed by atoms with Crippen molar-refractivity contribution in [1.29, 1.82) is 0 Å². The van der Waals surface area contributed by atoms with Gasteiger partial charge in [-0.05, 0) is 37.1 Å². The van der Waals surface area contributed by atoms with E-state index in [1.54, 1.807) is 12.1 Å². The summed E-state index contributed by atoms with van der Waals surface area (Å²) < 4.78 is 5.61. The third-order valence-corrected chi connectivity index (χ3v) is 3.07. The van der Waals surface area contributed by atoms with E-state index in [4.69, 9.17) is 4.74 Å². The summed E-state index contributed by atoms with van der Waals surface area (Å²) in [5.41, 5.74) is 3.13. The molecular formula is C16H18N2O3. The monoisotopic (exact) mass is 286 g/mol. The van der Waals surface area contributed by atoms with E-state index in [1.165, 1.54) is 12.1 Å². The number of nitro groups is 1. The number of rotatable bonds is 6. The minimum atomic E-state index is -0.398. The van der Waals surface area contributed by atoms with Gasteiger partial charge >= 0.3 is 0 Å². The SMILES string of the molecule is CCOc1cc(C)ccc1NCc1ccc([N+](=O)[O-])cc1. The highest BCUT2D eigenvalue weighted by Gasteiger charge is 2.06. The number of nitrogens with zero attached hydrogens (tertiary/aromatic N) is 1. The Hall–Kier alpha value is -2.56. The summed E-state index contributed by atoms with van der Waals surface area (Å²) in [4.78, 5) is 10.2. The number of hydrogen-bond donors (Lipinski definition) is 1. The molecule has 0 aromatic heterocycles. The van der Waals surface area contributed by atoms with Gasteiger partial charge in [0.1, 0.15) is 5.75 Å². The number of nitro benzene ring substituents is 1. The van der Waals surface area contributed by atoms with Gasteiger partial charge in [-0.2, -0.15) is 0 Å². The molecule has 21 heavy (non-hydrogen) atoms. The first-order valence-corrected chi connectivity index (χ1v) is 6.81. The van der Waals surface area contributed by atoms with Crippen LogP contribution in [0.15, 0.2) is 42.5 Å². The lowest BCUT2D eigenvalue weighted by atomic mass is 10.2. The van der Waals surface area contributed by atoms with E-state index < -0.39 is 4.92 Å². The van der Waals surface area contributed by atoms with E-state index in [1.807, 2.05) is 32.0 Å². The Labute approximate surface area is 123 Å². The van der Waals surface area contributed by atoms with Crippen molar-refractivity contribution in [2.24, 2.45) is 0 Å². The number of ether oxygens (including phenoxy) is 1. The van der Waals surface area contributed by atoms with Gasteiger partial charge in [0, 0.05) is 18.7 Å². The zero-order valence-corrected chi connectivity index (χ0v) is 12.1. The molecule has 1 N–H and O–H groups in total. The van der Waals surface area contributed by atoms with Crippen molar-refractivity contribution >= 4 is 11.4 Å². The number of non-ortho nitro benzene ring substituents is 1. The molecule has 2 rings (SSSR count). The molecule has 0 saturated heterocycles. The van der Waals surface area contributed by atoms with Crippen molar-refractivity contribution in [3.05, 3.63) is 63.7 Å². The molecule has 0 aliphatic heterocycles. The van der Waals surface area contributed by atoms with Crippen molar-refractivity contribution < 1.29 is 9.66 Å². The highest BCUT2D eigenvalue weighted by atomic mass is 16.6. The van der Waals surface area contributed by atoms with Crippen LogP contribution in [0.4, 0.5) is 11.4 Å². The first kappa shape index (κ1) is 14.8. The first-order chi connectivity index (χ1) is 10.1. The van der Waals surface area contributed by atoms with Gasteiger partial charge in [-0.1, -0.05) is 18.2 Å².